The number of hydrogen-bond acceptors (Lipinski definition) is 5. The van der Waals surface area contributed by atoms with Gasteiger partial charge in [-0.3, -0.25) is 0 Å². The molecule has 3 rings (SSSR count). The van der Waals surface area contributed by atoms with E-state index in [1.54, 1.807) is 12.1 Å². The lowest BCUT2D eigenvalue weighted by molar-refractivity contribution is 0.0629. The average molecular weight is 453 g/mol. The predicted molar refractivity (Wildman–Crippen MR) is 119 cm³/mol. The van der Waals surface area contributed by atoms with Gasteiger partial charge in [0.2, 0.25) is 0 Å². The molecule has 2 atom stereocenters. The minimum atomic E-state index is -0.951. The van der Waals surface area contributed by atoms with Crippen LogP contribution in [0.2, 0.25) is 10.0 Å². The Hall–Kier alpha value is -2.09. The molecule has 30 heavy (non-hydrogen) atoms. The van der Waals surface area contributed by atoms with Crippen LogP contribution in [0.4, 0.5) is 10.6 Å². The molecule has 1 aliphatic rings. The van der Waals surface area contributed by atoms with E-state index in [2.05, 4.69) is 5.32 Å². The minimum Gasteiger partial charge on any atom is -0.465 e. The second-order valence-corrected chi connectivity index (χ2v) is 7.92. The lowest BCUT2D eigenvalue weighted by Gasteiger charge is -2.22. The SMILES string of the molecule is CCO[C@H]1CN(C(=O)O)C[C@H]1Nc1nc(CC)c(-c2ccc(Cl)cc2Cl)nc1CC. The molecule has 2 N–H and O–H groups in total. The number of rotatable bonds is 7. The number of nitrogens with one attached hydrogen (secondary N) is 1. The molecule has 1 amide bonds. The van der Waals surface area contributed by atoms with Crippen molar-refractivity contribution < 1.29 is 14.6 Å². The standard InChI is InChI=1S/C21H26Cl2N4O3/c1-4-15-19(13-8-7-12(22)9-14(13)23)24-16(5-2)20(25-15)26-17-10-27(21(28)29)11-18(17)30-6-3/h7-9,17-18H,4-6,10-11H2,1-3H3,(H,25,26)(H,28,29)/t17-,18+/m1/s1. The molecule has 0 unspecified atom stereocenters. The van der Waals surface area contributed by atoms with Gasteiger partial charge in [-0.2, -0.15) is 0 Å². The molecule has 7 nitrogen and oxygen atoms in total. The Morgan fingerprint density at radius 3 is 2.53 bits per heavy atom. The average Bonchev–Trinajstić information content (AvgIpc) is 3.11. The summed E-state index contributed by atoms with van der Waals surface area (Å²) in [5, 5.41) is 13.9. The summed E-state index contributed by atoms with van der Waals surface area (Å²) in [7, 11) is 0. The predicted octanol–water partition coefficient (Wildman–Crippen LogP) is 4.75. The molecule has 0 radical (unpaired) electrons. The Kier molecular flexibility index (Phi) is 7.39. The Balaban J connectivity index is 1.96. The van der Waals surface area contributed by atoms with Crippen molar-refractivity contribution in [3.8, 4) is 11.3 Å². The first kappa shape index (κ1) is 22.6. The maximum absolute atomic E-state index is 11.4. The highest BCUT2D eigenvalue weighted by Crippen LogP contribution is 2.33. The fourth-order valence-electron chi connectivity index (χ4n) is 3.64. The van der Waals surface area contributed by atoms with Crippen molar-refractivity contribution in [1.29, 1.82) is 0 Å². The van der Waals surface area contributed by atoms with Crippen LogP contribution in [-0.2, 0) is 17.6 Å². The summed E-state index contributed by atoms with van der Waals surface area (Å²) in [6.07, 6.45) is 0.133. The first-order valence-corrected chi connectivity index (χ1v) is 10.8. The van der Waals surface area contributed by atoms with Crippen molar-refractivity contribution in [2.45, 2.75) is 45.8 Å². The van der Waals surface area contributed by atoms with Gasteiger partial charge in [-0.05, 0) is 38.0 Å². The zero-order valence-electron chi connectivity index (χ0n) is 17.3. The molecule has 162 valence electrons. The topological polar surface area (TPSA) is 87.6 Å². The van der Waals surface area contributed by atoms with Gasteiger partial charge in [0.1, 0.15) is 5.82 Å². The number of anilines is 1. The van der Waals surface area contributed by atoms with E-state index in [0.717, 1.165) is 22.6 Å². The lowest BCUT2D eigenvalue weighted by atomic mass is 10.1. The van der Waals surface area contributed by atoms with E-state index in [1.165, 1.54) is 4.90 Å². The maximum Gasteiger partial charge on any atom is 0.407 e. The number of hydrogen-bond donors (Lipinski definition) is 2. The Labute approximate surface area is 186 Å². The molecule has 1 fully saturated rings. The maximum atomic E-state index is 11.4. The van der Waals surface area contributed by atoms with Gasteiger partial charge in [-0.1, -0.05) is 37.0 Å². The molecule has 0 bridgehead atoms. The van der Waals surface area contributed by atoms with Gasteiger partial charge in [0.05, 0.1) is 40.8 Å². The summed E-state index contributed by atoms with van der Waals surface area (Å²) >= 11 is 12.5. The molecule has 0 spiro atoms. The van der Waals surface area contributed by atoms with E-state index in [4.69, 9.17) is 37.9 Å². The number of benzene rings is 1. The zero-order valence-corrected chi connectivity index (χ0v) is 18.8. The van der Waals surface area contributed by atoms with Gasteiger partial charge >= 0.3 is 6.09 Å². The fraction of sp³-hybridized carbons (Fsp3) is 0.476. The number of likely N-dealkylation sites (tertiary alicyclic amines) is 1. The monoisotopic (exact) mass is 452 g/mol. The van der Waals surface area contributed by atoms with Crippen LogP contribution < -0.4 is 5.32 Å². The Morgan fingerprint density at radius 2 is 1.93 bits per heavy atom. The number of nitrogens with zero attached hydrogens (tertiary/aromatic N) is 3. The van der Waals surface area contributed by atoms with Crippen molar-refractivity contribution in [3.63, 3.8) is 0 Å². The van der Waals surface area contributed by atoms with Gasteiger partial charge in [0.25, 0.3) is 0 Å². The highest BCUT2D eigenvalue weighted by Gasteiger charge is 2.36. The molecule has 0 saturated carbocycles. The van der Waals surface area contributed by atoms with Crippen molar-refractivity contribution in [1.82, 2.24) is 14.9 Å². The summed E-state index contributed by atoms with van der Waals surface area (Å²) < 4.78 is 5.77. The summed E-state index contributed by atoms with van der Waals surface area (Å²) in [4.78, 5) is 22.5. The number of halogens is 2. The van der Waals surface area contributed by atoms with E-state index in [0.29, 0.717) is 48.4 Å². The van der Waals surface area contributed by atoms with Gasteiger partial charge in [-0.25, -0.2) is 14.8 Å². The van der Waals surface area contributed by atoms with E-state index >= 15 is 0 Å². The summed E-state index contributed by atoms with van der Waals surface area (Å²) in [6.45, 7) is 7.09. The van der Waals surface area contributed by atoms with Crippen LogP contribution >= 0.6 is 23.2 Å². The van der Waals surface area contributed by atoms with Crippen LogP contribution in [0.3, 0.4) is 0 Å². The smallest absolute Gasteiger partial charge is 0.407 e. The lowest BCUT2D eigenvalue weighted by Crippen LogP contribution is -2.35. The molecular weight excluding hydrogens is 427 g/mol. The minimum absolute atomic E-state index is 0.199. The highest BCUT2D eigenvalue weighted by atomic mass is 35.5. The molecule has 1 saturated heterocycles. The number of aryl methyl sites for hydroxylation is 2. The molecule has 2 aromatic rings. The first-order chi connectivity index (χ1) is 14.4. The normalized spacial score (nSPS) is 18.6. The van der Waals surface area contributed by atoms with Crippen molar-refractivity contribution in [2.24, 2.45) is 0 Å². The number of carbonyl (C=O) groups is 1. The first-order valence-electron chi connectivity index (χ1n) is 10.1. The third kappa shape index (κ3) is 4.79. The van der Waals surface area contributed by atoms with Crippen LogP contribution in [0, 0.1) is 0 Å². The largest absolute Gasteiger partial charge is 0.465 e. The highest BCUT2D eigenvalue weighted by molar-refractivity contribution is 6.36. The van der Waals surface area contributed by atoms with Crippen molar-refractivity contribution in [3.05, 3.63) is 39.6 Å². The second kappa shape index (κ2) is 9.81. The molecule has 9 heteroatoms. The van der Waals surface area contributed by atoms with E-state index in [1.807, 2.05) is 26.8 Å². The van der Waals surface area contributed by atoms with Gasteiger partial charge < -0.3 is 20.1 Å². The van der Waals surface area contributed by atoms with Crippen LogP contribution in [-0.4, -0.2) is 57.9 Å². The molecular formula is C21H26Cl2N4O3. The van der Waals surface area contributed by atoms with Crippen LogP contribution in [0.1, 0.15) is 32.2 Å². The van der Waals surface area contributed by atoms with E-state index in [9.17, 15) is 9.90 Å². The van der Waals surface area contributed by atoms with Gasteiger partial charge in [0.15, 0.2) is 0 Å². The number of aromatic nitrogens is 2. The molecule has 1 aliphatic heterocycles. The fourth-order valence-corrected chi connectivity index (χ4v) is 4.14. The third-order valence-electron chi connectivity index (χ3n) is 5.14. The molecule has 1 aromatic heterocycles. The van der Waals surface area contributed by atoms with Gasteiger partial charge in [-0.15, -0.1) is 0 Å². The number of ether oxygens (including phenoxy) is 1. The summed E-state index contributed by atoms with van der Waals surface area (Å²) in [5.74, 6) is 0.658. The molecule has 2 heterocycles. The quantitative estimate of drug-likeness (QED) is 0.629. The van der Waals surface area contributed by atoms with E-state index in [-0.39, 0.29) is 12.1 Å². The Bertz CT molecular complexity index is 925. The number of carboxylic acid groups (broad SMARTS) is 1. The third-order valence-corrected chi connectivity index (χ3v) is 5.68. The summed E-state index contributed by atoms with van der Waals surface area (Å²) in [6, 6.07) is 5.14. The van der Waals surface area contributed by atoms with E-state index < -0.39 is 6.09 Å². The van der Waals surface area contributed by atoms with Crippen LogP contribution in [0.5, 0.6) is 0 Å². The molecule has 0 aliphatic carbocycles. The zero-order chi connectivity index (χ0) is 21.8. The van der Waals surface area contributed by atoms with Crippen LogP contribution in [0.25, 0.3) is 11.3 Å². The van der Waals surface area contributed by atoms with Gasteiger partial charge in [0, 0.05) is 23.7 Å². The van der Waals surface area contributed by atoms with Crippen molar-refractivity contribution in [2.75, 3.05) is 25.0 Å². The van der Waals surface area contributed by atoms with Crippen molar-refractivity contribution >= 4 is 35.1 Å². The summed E-state index contributed by atoms with van der Waals surface area (Å²) in [5.41, 5.74) is 3.12. The number of amides is 1. The Morgan fingerprint density at radius 1 is 1.20 bits per heavy atom. The van der Waals surface area contributed by atoms with Crippen LogP contribution in [0.15, 0.2) is 18.2 Å². The second-order valence-electron chi connectivity index (χ2n) is 7.08. The molecule has 1 aromatic carbocycles.